The van der Waals surface area contributed by atoms with E-state index in [1.165, 1.54) is 6.92 Å². The number of carboxylic acids is 1. The number of esters is 1. The van der Waals surface area contributed by atoms with E-state index in [2.05, 4.69) is 4.74 Å². The standard InChI is InChI=1S/C6H12O7.C4H8O2/c7-1-2(8)3(9)4(10)5(11)6(12)13;1-3-6-4(2)5/h2-5,7-11H,1H2,(H,12,13);3H2,1-2H3/t2-,3-,4+,5-;/m1./s1. The van der Waals surface area contributed by atoms with Crippen molar-refractivity contribution in [2.24, 2.45) is 0 Å². The molecule has 0 aliphatic carbocycles. The minimum atomic E-state index is -2.20. The molecule has 0 fully saturated rings. The second kappa shape index (κ2) is 10.6. The van der Waals surface area contributed by atoms with Gasteiger partial charge in [0.2, 0.25) is 0 Å². The van der Waals surface area contributed by atoms with Crippen molar-refractivity contribution in [3.05, 3.63) is 0 Å². The van der Waals surface area contributed by atoms with E-state index in [0.29, 0.717) is 6.61 Å². The first kappa shape index (κ1) is 20.1. The molecule has 0 rings (SSSR count). The van der Waals surface area contributed by atoms with Gasteiger partial charge in [-0.3, -0.25) is 4.79 Å². The van der Waals surface area contributed by atoms with E-state index in [1.54, 1.807) is 6.92 Å². The Hall–Kier alpha value is -1.26. The summed E-state index contributed by atoms with van der Waals surface area (Å²) in [6.45, 7) is 2.81. The molecule has 4 atom stereocenters. The molecule has 0 saturated carbocycles. The van der Waals surface area contributed by atoms with Crippen LogP contribution in [0.5, 0.6) is 0 Å². The van der Waals surface area contributed by atoms with Crippen molar-refractivity contribution in [3.63, 3.8) is 0 Å². The summed E-state index contributed by atoms with van der Waals surface area (Å²) in [5.74, 6) is -1.94. The van der Waals surface area contributed by atoms with Crippen LogP contribution in [0.2, 0.25) is 0 Å². The first-order chi connectivity index (χ1) is 8.68. The Kier molecular flexibility index (Phi) is 11.2. The number of aliphatic hydroxyl groups excluding tert-OH is 5. The molecule has 6 N–H and O–H groups in total. The van der Waals surface area contributed by atoms with Crippen molar-refractivity contribution < 1.29 is 45.0 Å². The van der Waals surface area contributed by atoms with E-state index < -0.39 is 37.0 Å². The van der Waals surface area contributed by atoms with Gasteiger partial charge >= 0.3 is 11.9 Å². The van der Waals surface area contributed by atoms with Gasteiger partial charge in [-0.1, -0.05) is 0 Å². The topological polar surface area (TPSA) is 165 Å². The quantitative estimate of drug-likeness (QED) is 0.280. The number of carboxylic acid groups (broad SMARTS) is 1. The molecule has 0 unspecified atom stereocenters. The zero-order valence-electron chi connectivity index (χ0n) is 10.6. The fourth-order valence-electron chi connectivity index (χ4n) is 0.872. The Morgan fingerprint density at radius 1 is 1.11 bits per heavy atom. The zero-order valence-corrected chi connectivity index (χ0v) is 10.6. The monoisotopic (exact) mass is 284 g/mol. The highest BCUT2D eigenvalue weighted by Crippen LogP contribution is 2.04. The smallest absolute Gasteiger partial charge is 0.335 e. The average Bonchev–Trinajstić information content (AvgIpc) is 2.35. The molecule has 0 heterocycles. The molecule has 114 valence electrons. The number of hydrogen-bond donors (Lipinski definition) is 6. The van der Waals surface area contributed by atoms with Crippen molar-refractivity contribution in [1.29, 1.82) is 0 Å². The maximum atomic E-state index is 10.1. The van der Waals surface area contributed by atoms with E-state index in [9.17, 15) is 9.59 Å². The number of carbonyl (C=O) groups excluding carboxylic acids is 1. The third-order valence-electron chi connectivity index (χ3n) is 1.86. The SMILES string of the molecule is CCOC(C)=O.O=C(O)[C@H](O)[C@@H](O)[C@H](O)[C@H](O)CO. The van der Waals surface area contributed by atoms with Crippen LogP contribution in [0.15, 0.2) is 0 Å². The van der Waals surface area contributed by atoms with Crippen molar-refractivity contribution in [2.75, 3.05) is 13.2 Å². The predicted octanol–water partition coefficient (Wildman–Crippen LogP) is -2.92. The largest absolute Gasteiger partial charge is 0.479 e. The first-order valence-corrected chi connectivity index (χ1v) is 5.38. The molecular formula is C10H20O9. The number of hydrogen-bond acceptors (Lipinski definition) is 8. The van der Waals surface area contributed by atoms with Crippen LogP contribution in [-0.4, -0.2) is 80.2 Å². The maximum Gasteiger partial charge on any atom is 0.335 e. The van der Waals surface area contributed by atoms with Crippen molar-refractivity contribution in [2.45, 2.75) is 38.3 Å². The Balaban J connectivity index is 0. The van der Waals surface area contributed by atoms with E-state index in [0.717, 1.165) is 0 Å². The molecule has 0 aliphatic rings. The molecule has 0 aliphatic heterocycles. The lowest BCUT2D eigenvalue weighted by molar-refractivity contribution is -0.164. The summed E-state index contributed by atoms with van der Waals surface area (Å²) in [5.41, 5.74) is 0. The summed E-state index contributed by atoms with van der Waals surface area (Å²) in [4.78, 5) is 19.9. The third kappa shape index (κ3) is 9.33. The summed E-state index contributed by atoms with van der Waals surface area (Å²) >= 11 is 0. The number of ether oxygens (including phenoxy) is 1. The van der Waals surface area contributed by atoms with Crippen molar-refractivity contribution in [1.82, 2.24) is 0 Å². The molecule has 0 saturated heterocycles. The Morgan fingerprint density at radius 3 is 1.79 bits per heavy atom. The van der Waals surface area contributed by atoms with Gasteiger partial charge in [-0.25, -0.2) is 4.79 Å². The van der Waals surface area contributed by atoms with Crippen molar-refractivity contribution >= 4 is 11.9 Å². The molecule has 0 spiro atoms. The van der Waals surface area contributed by atoms with Crippen LogP contribution in [-0.2, 0) is 14.3 Å². The van der Waals surface area contributed by atoms with Crippen molar-refractivity contribution in [3.8, 4) is 0 Å². The van der Waals surface area contributed by atoms with E-state index >= 15 is 0 Å². The third-order valence-corrected chi connectivity index (χ3v) is 1.86. The van der Waals surface area contributed by atoms with Gasteiger partial charge in [0.05, 0.1) is 13.2 Å². The van der Waals surface area contributed by atoms with E-state index in [4.69, 9.17) is 30.6 Å². The van der Waals surface area contributed by atoms with Gasteiger partial charge in [0, 0.05) is 6.92 Å². The number of aliphatic hydroxyl groups is 5. The molecular weight excluding hydrogens is 264 g/mol. The molecule has 0 aromatic rings. The highest BCUT2D eigenvalue weighted by Gasteiger charge is 2.33. The Morgan fingerprint density at radius 2 is 1.58 bits per heavy atom. The second-order valence-corrected chi connectivity index (χ2v) is 3.44. The van der Waals surface area contributed by atoms with Gasteiger partial charge in [0.15, 0.2) is 6.10 Å². The van der Waals surface area contributed by atoms with Crippen LogP contribution in [0.1, 0.15) is 13.8 Å². The van der Waals surface area contributed by atoms with E-state index in [-0.39, 0.29) is 5.97 Å². The maximum absolute atomic E-state index is 10.1. The number of rotatable bonds is 6. The van der Waals surface area contributed by atoms with Crippen LogP contribution in [0, 0.1) is 0 Å². The van der Waals surface area contributed by atoms with Crippen LogP contribution in [0.25, 0.3) is 0 Å². The molecule has 0 bridgehead atoms. The van der Waals surface area contributed by atoms with Gasteiger partial charge in [-0.2, -0.15) is 0 Å². The van der Waals surface area contributed by atoms with Gasteiger partial charge in [0.1, 0.15) is 18.3 Å². The molecule has 0 aromatic heterocycles. The fourth-order valence-corrected chi connectivity index (χ4v) is 0.872. The molecule has 9 heteroatoms. The van der Waals surface area contributed by atoms with Crippen LogP contribution >= 0.6 is 0 Å². The van der Waals surface area contributed by atoms with Crippen LogP contribution < -0.4 is 0 Å². The lowest BCUT2D eigenvalue weighted by Gasteiger charge is -2.23. The van der Waals surface area contributed by atoms with Gasteiger partial charge in [-0.05, 0) is 6.92 Å². The minimum Gasteiger partial charge on any atom is -0.479 e. The van der Waals surface area contributed by atoms with Crippen LogP contribution in [0.4, 0.5) is 0 Å². The lowest BCUT2D eigenvalue weighted by Crippen LogP contribution is -2.48. The average molecular weight is 284 g/mol. The van der Waals surface area contributed by atoms with Crippen LogP contribution in [0.3, 0.4) is 0 Å². The fraction of sp³-hybridized carbons (Fsp3) is 0.800. The summed E-state index contributed by atoms with van der Waals surface area (Å²) in [7, 11) is 0. The van der Waals surface area contributed by atoms with E-state index in [1.807, 2.05) is 0 Å². The van der Waals surface area contributed by atoms with Gasteiger partial charge in [0.25, 0.3) is 0 Å². The summed E-state index contributed by atoms with van der Waals surface area (Å²) in [6.07, 6.45) is -7.84. The molecule has 0 radical (unpaired) electrons. The number of carbonyl (C=O) groups is 2. The molecule has 0 amide bonds. The zero-order chi connectivity index (χ0) is 15.6. The highest BCUT2D eigenvalue weighted by atomic mass is 16.5. The first-order valence-electron chi connectivity index (χ1n) is 5.38. The van der Waals surface area contributed by atoms with Gasteiger partial charge < -0.3 is 35.4 Å². The minimum absolute atomic E-state index is 0.211. The van der Waals surface area contributed by atoms with Gasteiger partial charge in [-0.15, -0.1) is 0 Å². The summed E-state index contributed by atoms with van der Waals surface area (Å²) in [5, 5.41) is 51.8. The Bertz CT molecular complexity index is 268. The predicted molar refractivity (Wildman–Crippen MR) is 61.1 cm³/mol. The number of aliphatic carboxylic acids is 1. The highest BCUT2D eigenvalue weighted by molar-refractivity contribution is 5.72. The summed E-state index contributed by atoms with van der Waals surface area (Å²) in [6, 6.07) is 0. The summed E-state index contributed by atoms with van der Waals surface area (Å²) < 4.78 is 4.40. The molecule has 9 nitrogen and oxygen atoms in total. The lowest BCUT2D eigenvalue weighted by atomic mass is 10.0. The molecule has 0 aromatic carbocycles. The second-order valence-electron chi connectivity index (χ2n) is 3.44. The normalized spacial score (nSPS) is 16.4. The Labute approximate surface area is 109 Å². The molecule has 19 heavy (non-hydrogen) atoms.